The number of likely N-dealkylation sites (tertiary alicyclic amines) is 1. The molecule has 1 N–H and O–H groups in total. The molecule has 0 aromatic carbocycles. The van der Waals surface area contributed by atoms with Crippen LogP contribution in [0.25, 0.3) is 0 Å². The van der Waals surface area contributed by atoms with E-state index in [0.717, 1.165) is 39.0 Å². The van der Waals surface area contributed by atoms with Crippen molar-refractivity contribution in [3.63, 3.8) is 0 Å². The number of amides is 1. The summed E-state index contributed by atoms with van der Waals surface area (Å²) in [4.78, 5) is 24.9. The number of rotatable bonds is 6. The maximum Gasteiger partial charge on any atom is 0.307 e. The second-order valence-electron chi connectivity index (χ2n) is 6.50. The van der Waals surface area contributed by atoms with Crippen LogP contribution in [-0.2, 0) is 10.3 Å². The number of carbonyl (C=O) groups excluding carboxylic acids is 1. The fourth-order valence-electron chi connectivity index (χ4n) is 2.89. The average molecular weight is 360 g/mol. The molecule has 1 fully saturated rings. The van der Waals surface area contributed by atoms with E-state index in [1.54, 1.807) is 13.8 Å². The van der Waals surface area contributed by atoms with Crippen LogP contribution in [-0.4, -0.2) is 51.7 Å². The van der Waals surface area contributed by atoms with E-state index in [9.17, 15) is 14.9 Å². The lowest BCUT2D eigenvalue weighted by Gasteiger charge is -2.37. The van der Waals surface area contributed by atoms with Crippen molar-refractivity contribution in [2.75, 3.05) is 26.2 Å². The second-order valence-corrected chi connectivity index (χ2v) is 6.50. The fourth-order valence-corrected chi connectivity index (χ4v) is 2.89. The molecule has 1 aliphatic heterocycles. The lowest BCUT2D eigenvalue weighted by atomic mass is 9.94. The third-order valence-electron chi connectivity index (χ3n) is 4.46. The predicted molar refractivity (Wildman–Crippen MR) is 93.3 cm³/mol. The first-order valence-electron chi connectivity index (χ1n) is 8.06. The summed E-state index contributed by atoms with van der Waals surface area (Å²) >= 11 is 0. The highest BCUT2D eigenvalue weighted by molar-refractivity contribution is 5.85. The van der Waals surface area contributed by atoms with E-state index < -0.39 is 10.5 Å². The molecule has 0 saturated carbocycles. The maximum atomic E-state index is 12.8. The van der Waals surface area contributed by atoms with E-state index >= 15 is 0 Å². The number of hydrogen-bond donors (Lipinski definition) is 1. The highest BCUT2D eigenvalue weighted by atomic mass is 35.5. The number of nitro groups is 1. The van der Waals surface area contributed by atoms with Crippen LogP contribution in [0.2, 0.25) is 0 Å². The molecule has 24 heavy (non-hydrogen) atoms. The maximum absolute atomic E-state index is 12.8. The first kappa shape index (κ1) is 20.4. The van der Waals surface area contributed by atoms with Gasteiger partial charge in [-0.15, -0.1) is 12.4 Å². The third-order valence-corrected chi connectivity index (χ3v) is 4.46. The fraction of sp³-hybridized carbons (Fsp3) is 0.733. The van der Waals surface area contributed by atoms with Crippen LogP contribution in [0.15, 0.2) is 12.4 Å². The smallest absolute Gasteiger partial charge is 0.307 e. The van der Waals surface area contributed by atoms with Gasteiger partial charge >= 0.3 is 5.69 Å². The van der Waals surface area contributed by atoms with Gasteiger partial charge in [-0.1, -0.05) is 6.92 Å². The van der Waals surface area contributed by atoms with Crippen molar-refractivity contribution in [1.29, 1.82) is 0 Å². The monoisotopic (exact) mass is 359 g/mol. The molecule has 0 aliphatic carbocycles. The SMILES string of the molecule is CCNCC1CCN(C(=O)C(C)(C)n2cc([N+](=O)[O-])cn2)CC1.Cl. The average Bonchev–Trinajstić information content (AvgIpc) is 3.03. The van der Waals surface area contributed by atoms with Gasteiger partial charge in [0.15, 0.2) is 0 Å². The van der Waals surface area contributed by atoms with Gasteiger partial charge in [0.2, 0.25) is 5.91 Å². The van der Waals surface area contributed by atoms with Gasteiger partial charge < -0.3 is 10.2 Å². The normalized spacial score (nSPS) is 15.9. The zero-order valence-electron chi connectivity index (χ0n) is 14.4. The molecule has 0 unspecified atom stereocenters. The van der Waals surface area contributed by atoms with Crippen LogP contribution in [0, 0.1) is 16.0 Å². The summed E-state index contributed by atoms with van der Waals surface area (Å²) in [6, 6.07) is 0. The molecule has 8 nitrogen and oxygen atoms in total. The van der Waals surface area contributed by atoms with E-state index in [1.165, 1.54) is 17.1 Å². The first-order valence-corrected chi connectivity index (χ1v) is 8.06. The molecule has 0 atom stereocenters. The number of nitrogens with one attached hydrogen (secondary N) is 1. The van der Waals surface area contributed by atoms with Gasteiger partial charge in [-0.25, -0.2) is 0 Å². The number of piperidine rings is 1. The molecule has 0 spiro atoms. The number of aromatic nitrogens is 2. The Kier molecular flexibility index (Phi) is 7.16. The number of hydrogen-bond acceptors (Lipinski definition) is 5. The molecule has 1 saturated heterocycles. The van der Waals surface area contributed by atoms with Gasteiger partial charge in [-0.2, -0.15) is 5.10 Å². The Morgan fingerprint density at radius 2 is 2.08 bits per heavy atom. The van der Waals surface area contributed by atoms with Crippen molar-refractivity contribution in [1.82, 2.24) is 20.0 Å². The van der Waals surface area contributed by atoms with Crippen LogP contribution in [0.5, 0.6) is 0 Å². The van der Waals surface area contributed by atoms with Gasteiger partial charge in [0.05, 0.1) is 4.92 Å². The van der Waals surface area contributed by atoms with Crippen molar-refractivity contribution in [3.8, 4) is 0 Å². The van der Waals surface area contributed by atoms with Gasteiger partial charge in [0.1, 0.15) is 17.9 Å². The summed E-state index contributed by atoms with van der Waals surface area (Å²) < 4.78 is 1.39. The Balaban J connectivity index is 0.00000288. The molecule has 1 aromatic heterocycles. The van der Waals surface area contributed by atoms with Crippen LogP contribution in [0.1, 0.15) is 33.6 Å². The Morgan fingerprint density at radius 1 is 1.46 bits per heavy atom. The summed E-state index contributed by atoms with van der Waals surface area (Å²) in [7, 11) is 0. The van der Waals surface area contributed by atoms with Crippen LogP contribution < -0.4 is 5.32 Å². The molecule has 9 heteroatoms. The standard InChI is InChI=1S/C15H25N5O3.ClH/c1-4-16-9-12-5-7-18(8-6-12)14(21)15(2,3)19-11-13(10-17-19)20(22)23;/h10-12,16H,4-9H2,1-3H3;1H. The van der Waals surface area contributed by atoms with Gasteiger partial charge in [-0.3, -0.25) is 19.6 Å². The van der Waals surface area contributed by atoms with E-state index in [-0.39, 0.29) is 24.0 Å². The van der Waals surface area contributed by atoms with Crippen LogP contribution in [0.3, 0.4) is 0 Å². The Labute approximate surface area is 148 Å². The minimum Gasteiger partial charge on any atom is -0.341 e. The van der Waals surface area contributed by atoms with Crippen LogP contribution in [0.4, 0.5) is 5.69 Å². The highest BCUT2D eigenvalue weighted by Gasteiger charge is 2.37. The quantitative estimate of drug-likeness (QED) is 0.617. The zero-order valence-corrected chi connectivity index (χ0v) is 15.2. The summed E-state index contributed by atoms with van der Waals surface area (Å²) in [5.41, 5.74) is -1.03. The molecule has 2 heterocycles. The van der Waals surface area contributed by atoms with Crippen molar-refractivity contribution < 1.29 is 9.72 Å². The summed E-state index contributed by atoms with van der Waals surface area (Å²) in [6.07, 6.45) is 4.45. The Morgan fingerprint density at radius 3 is 2.58 bits per heavy atom. The molecule has 1 amide bonds. The largest absolute Gasteiger partial charge is 0.341 e. The van der Waals surface area contributed by atoms with Crippen molar-refractivity contribution in [2.24, 2.45) is 5.92 Å². The summed E-state index contributed by atoms with van der Waals surface area (Å²) in [5, 5.41) is 18.1. The minimum atomic E-state index is -0.928. The number of nitrogens with zero attached hydrogens (tertiary/aromatic N) is 4. The van der Waals surface area contributed by atoms with E-state index in [0.29, 0.717) is 5.92 Å². The highest BCUT2D eigenvalue weighted by Crippen LogP contribution is 2.24. The molecular formula is C15H26ClN5O3. The van der Waals surface area contributed by atoms with E-state index in [2.05, 4.69) is 17.3 Å². The molecule has 0 radical (unpaired) electrons. The number of carbonyl (C=O) groups is 1. The van der Waals surface area contributed by atoms with Crippen molar-refractivity contribution in [3.05, 3.63) is 22.5 Å². The van der Waals surface area contributed by atoms with Crippen molar-refractivity contribution in [2.45, 2.75) is 39.2 Å². The second kappa shape index (κ2) is 8.43. The topological polar surface area (TPSA) is 93.3 Å². The Bertz CT molecular complexity index is 567. The molecule has 1 aliphatic rings. The molecule has 136 valence electrons. The molecular weight excluding hydrogens is 334 g/mol. The van der Waals surface area contributed by atoms with Gasteiger partial charge in [0.25, 0.3) is 0 Å². The number of halogens is 1. The lowest BCUT2D eigenvalue weighted by molar-refractivity contribution is -0.385. The third kappa shape index (κ3) is 4.45. The first-order chi connectivity index (χ1) is 10.9. The Hall–Kier alpha value is -1.67. The minimum absolute atomic E-state index is 0. The molecule has 0 bridgehead atoms. The van der Waals surface area contributed by atoms with E-state index in [1.807, 2.05) is 4.90 Å². The van der Waals surface area contributed by atoms with Gasteiger partial charge in [0, 0.05) is 13.1 Å². The lowest BCUT2D eigenvalue weighted by Crippen LogP contribution is -2.50. The van der Waals surface area contributed by atoms with Gasteiger partial charge in [-0.05, 0) is 45.7 Å². The van der Waals surface area contributed by atoms with Crippen molar-refractivity contribution >= 4 is 24.0 Å². The summed E-state index contributed by atoms with van der Waals surface area (Å²) in [6.45, 7) is 8.99. The van der Waals surface area contributed by atoms with E-state index in [4.69, 9.17) is 0 Å². The molecule has 1 aromatic rings. The van der Waals surface area contributed by atoms with Crippen LogP contribution >= 0.6 is 12.4 Å². The molecule has 2 rings (SSSR count). The predicted octanol–water partition coefficient (Wildman–Crippen LogP) is 1.80. The zero-order chi connectivity index (χ0) is 17.0. The summed E-state index contributed by atoms with van der Waals surface area (Å²) in [5.74, 6) is 0.560.